The first-order valence-corrected chi connectivity index (χ1v) is 7.13. The fourth-order valence-corrected chi connectivity index (χ4v) is 2.51. The van der Waals surface area contributed by atoms with Crippen LogP contribution in [0, 0.1) is 5.92 Å². The van der Waals surface area contributed by atoms with Crippen molar-refractivity contribution in [3.8, 4) is 0 Å². The highest BCUT2D eigenvalue weighted by atomic mass is 79.9. The van der Waals surface area contributed by atoms with E-state index < -0.39 is 17.8 Å². The van der Waals surface area contributed by atoms with E-state index in [0.717, 1.165) is 18.9 Å². The van der Waals surface area contributed by atoms with Gasteiger partial charge in [0.15, 0.2) is 0 Å². The van der Waals surface area contributed by atoms with Crippen LogP contribution in [0.1, 0.15) is 50.3 Å². The molecule has 1 N–H and O–H groups in total. The van der Waals surface area contributed by atoms with Crippen molar-refractivity contribution in [3.63, 3.8) is 0 Å². The van der Waals surface area contributed by atoms with Crippen molar-refractivity contribution in [1.82, 2.24) is 0 Å². The Bertz CT molecular complexity index is 414. The van der Waals surface area contributed by atoms with E-state index in [-0.39, 0.29) is 4.47 Å². The second kappa shape index (κ2) is 6.75. The third kappa shape index (κ3) is 4.49. The molecule has 0 aliphatic heterocycles. The summed E-state index contributed by atoms with van der Waals surface area (Å²) in [5.74, 6) is 0.327. The Labute approximate surface area is 120 Å². The second-order valence-corrected chi connectivity index (χ2v) is 5.53. The molecule has 5 heteroatoms. The lowest BCUT2D eigenvalue weighted by atomic mass is 9.92. The number of halogens is 4. The minimum atomic E-state index is -4.41. The highest BCUT2D eigenvalue weighted by Gasteiger charge is 2.33. The van der Waals surface area contributed by atoms with Crippen LogP contribution < -0.4 is 0 Å². The molecule has 0 aromatic heterocycles. The number of benzene rings is 1. The van der Waals surface area contributed by atoms with Gasteiger partial charge >= 0.3 is 6.18 Å². The molecule has 0 aliphatic carbocycles. The average Bonchev–Trinajstić information content (AvgIpc) is 2.34. The lowest BCUT2D eigenvalue weighted by Gasteiger charge is -2.19. The summed E-state index contributed by atoms with van der Waals surface area (Å²) in [6.45, 7) is 4.03. The van der Waals surface area contributed by atoms with E-state index in [1.54, 1.807) is 0 Å². The predicted molar refractivity (Wildman–Crippen MR) is 72.8 cm³/mol. The van der Waals surface area contributed by atoms with Gasteiger partial charge in [0.2, 0.25) is 0 Å². The summed E-state index contributed by atoms with van der Waals surface area (Å²) < 4.78 is 38.3. The summed E-state index contributed by atoms with van der Waals surface area (Å²) in [6, 6.07) is 3.90. The van der Waals surface area contributed by atoms with Gasteiger partial charge in [-0.25, -0.2) is 0 Å². The number of alkyl halides is 3. The lowest BCUT2D eigenvalue weighted by Crippen LogP contribution is -2.10. The Morgan fingerprint density at radius 1 is 1.21 bits per heavy atom. The Balaban J connectivity index is 2.96. The van der Waals surface area contributed by atoms with E-state index in [4.69, 9.17) is 0 Å². The molecule has 1 atom stereocenters. The van der Waals surface area contributed by atoms with Crippen molar-refractivity contribution >= 4 is 15.9 Å². The van der Waals surface area contributed by atoms with Gasteiger partial charge in [0.1, 0.15) is 0 Å². The van der Waals surface area contributed by atoms with E-state index in [0.29, 0.717) is 17.9 Å². The minimum absolute atomic E-state index is 0.00140. The smallest absolute Gasteiger partial charge is 0.388 e. The molecule has 0 spiro atoms. The molecule has 1 rings (SSSR count). The van der Waals surface area contributed by atoms with Crippen LogP contribution in [0.4, 0.5) is 13.2 Å². The molecule has 1 aromatic carbocycles. The topological polar surface area (TPSA) is 20.2 Å². The first-order valence-electron chi connectivity index (χ1n) is 6.34. The van der Waals surface area contributed by atoms with Crippen LogP contribution in [0.3, 0.4) is 0 Å². The highest BCUT2D eigenvalue weighted by Crippen LogP contribution is 2.37. The van der Waals surface area contributed by atoms with Crippen LogP contribution in [0.5, 0.6) is 0 Å². The summed E-state index contributed by atoms with van der Waals surface area (Å²) in [7, 11) is 0. The van der Waals surface area contributed by atoms with Crippen molar-refractivity contribution in [2.24, 2.45) is 5.92 Å². The van der Waals surface area contributed by atoms with Crippen molar-refractivity contribution in [3.05, 3.63) is 33.8 Å². The van der Waals surface area contributed by atoms with Gasteiger partial charge < -0.3 is 5.11 Å². The van der Waals surface area contributed by atoms with Crippen LogP contribution in [0.2, 0.25) is 0 Å². The molecule has 1 aromatic rings. The predicted octanol–water partition coefficient (Wildman–Crippen LogP) is 5.33. The van der Waals surface area contributed by atoms with Crippen molar-refractivity contribution in [1.29, 1.82) is 0 Å². The minimum Gasteiger partial charge on any atom is -0.388 e. The Hall–Kier alpha value is -0.550. The SMILES string of the molecule is CCC(CC)CC(O)c1ccc(Br)c(C(F)(F)F)c1. The molecule has 1 unspecified atom stereocenters. The summed E-state index contributed by atoms with van der Waals surface area (Å²) >= 11 is 2.89. The first kappa shape index (κ1) is 16.5. The molecule has 0 saturated carbocycles. The van der Waals surface area contributed by atoms with Gasteiger partial charge in [0.25, 0.3) is 0 Å². The molecule has 0 fully saturated rings. The largest absolute Gasteiger partial charge is 0.417 e. The zero-order valence-electron chi connectivity index (χ0n) is 11.0. The van der Waals surface area contributed by atoms with E-state index in [9.17, 15) is 18.3 Å². The molecule has 0 heterocycles. The van der Waals surface area contributed by atoms with E-state index in [1.165, 1.54) is 12.1 Å². The number of rotatable bonds is 5. The third-order valence-corrected chi connectivity index (χ3v) is 4.08. The fraction of sp³-hybridized carbons (Fsp3) is 0.571. The fourth-order valence-electron chi connectivity index (χ4n) is 2.04. The molecule has 0 aliphatic rings. The number of hydrogen-bond acceptors (Lipinski definition) is 1. The maximum Gasteiger partial charge on any atom is 0.417 e. The summed E-state index contributed by atoms with van der Waals surface area (Å²) in [4.78, 5) is 0. The van der Waals surface area contributed by atoms with Crippen LogP contribution in [0.25, 0.3) is 0 Å². The molecular weight excluding hydrogens is 321 g/mol. The highest BCUT2D eigenvalue weighted by molar-refractivity contribution is 9.10. The van der Waals surface area contributed by atoms with Crippen LogP contribution in [-0.4, -0.2) is 5.11 Å². The van der Waals surface area contributed by atoms with Gasteiger partial charge in [-0.1, -0.05) is 48.7 Å². The Kier molecular flexibility index (Phi) is 5.86. The van der Waals surface area contributed by atoms with Gasteiger partial charge in [-0.15, -0.1) is 0 Å². The standard InChI is InChI=1S/C14H18BrF3O/c1-3-9(4-2)7-13(19)10-5-6-12(15)11(8-10)14(16,17)18/h5-6,8-9,13,19H,3-4,7H2,1-2H3. The van der Waals surface area contributed by atoms with Crippen molar-refractivity contribution in [2.45, 2.75) is 45.4 Å². The quantitative estimate of drug-likeness (QED) is 0.769. The van der Waals surface area contributed by atoms with Gasteiger partial charge in [-0.3, -0.25) is 0 Å². The van der Waals surface area contributed by atoms with Crippen molar-refractivity contribution < 1.29 is 18.3 Å². The summed E-state index contributed by atoms with van der Waals surface area (Å²) in [5.41, 5.74) is -0.420. The molecule has 0 saturated heterocycles. The zero-order chi connectivity index (χ0) is 14.6. The maximum atomic E-state index is 12.8. The second-order valence-electron chi connectivity index (χ2n) is 4.67. The number of hydrogen-bond donors (Lipinski definition) is 1. The molecular formula is C14H18BrF3O. The van der Waals surface area contributed by atoms with E-state index in [2.05, 4.69) is 15.9 Å². The molecule has 1 nitrogen and oxygen atoms in total. The first-order chi connectivity index (χ1) is 8.79. The summed E-state index contributed by atoms with van der Waals surface area (Å²) in [6.07, 6.45) is -2.94. The Morgan fingerprint density at radius 3 is 2.26 bits per heavy atom. The maximum absolute atomic E-state index is 12.8. The van der Waals surface area contributed by atoms with Crippen molar-refractivity contribution in [2.75, 3.05) is 0 Å². The Morgan fingerprint density at radius 2 is 1.79 bits per heavy atom. The monoisotopic (exact) mass is 338 g/mol. The average molecular weight is 339 g/mol. The van der Waals surface area contributed by atoms with E-state index in [1.807, 2.05) is 13.8 Å². The number of aliphatic hydroxyl groups excluding tert-OH is 1. The molecule has 0 radical (unpaired) electrons. The van der Waals surface area contributed by atoms with Gasteiger partial charge in [-0.2, -0.15) is 13.2 Å². The normalized spacial score (nSPS) is 13.9. The van der Waals surface area contributed by atoms with Gasteiger partial charge in [-0.05, 0) is 30.0 Å². The lowest BCUT2D eigenvalue weighted by molar-refractivity contribution is -0.138. The third-order valence-electron chi connectivity index (χ3n) is 3.39. The van der Waals surface area contributed by atoms with Gasteiger partial charge in [0.05, 0.1) is 11.7 Å². The van der Waals surface area contributed by atoms with Crippen LogP contribution >= 0.6 is 15.9 Å². The number of aliphatic hydroxyl groups is 1. The van der Waals surface area contributed by atoms with Gasteiger partial charge in [0, 0.05) is 4.47 Å². The van der Waals surface area contributed by atoms with Crippen LogP contribution in [0.15, 0.2) is 22.7 Å². The molecule has 19 heavy (non-hydrogen) atoms. The summed E-state index contributed by atoms with van der Waals surface area (Å²) in [5, 5.41) is 10.1. The molecule has 0 bridgehead atoms. The molecule has 0 amide bonds. The zero-order valence-corrected chi connectivity index (χ0v) is 12.6. The van der Waals surface area contributed by atoms with Crippen LogP contribution in [-0.2, 0) is 6.18 Å². The molecule has 108 valence electrons. The van der Waals surface area contributed by atoms with E-state index >= 15 is 0 Å².